The van der Waals surface area contributed by atoms with Gasteiger partial charge in [-0.15, -0.1) is 0 Å². The van der Waals surface area contributed by atoms with Crippen molar-refractivity contribution >= 4 is 11.8 Å². The Kier molecular flexibility index (Phi) is 6.37. The fraction of sp³-hybridized carbons (Fsp3) is 1.00. The van der Waals surface area contributed by atoms with Gasteiger partial charge in [-0.05, 0) is 56.2 Å². The molecule has 2 fully saturated rings. The maximum absolute atomic E-state index is 3.68. The molecule has 2 aliphatic rings. The topological polar surface area (TPSA) is 12.0 Å². The molecule has 4 unspecified atom stereocenters. The molecule has 1 N–H and O–H groups in total. The summed E-state index contributed by atoms with van der Waals surface area (Å²) in [6.07, 6.45) is 11.7. The van der Waals surface area contributed by atoms with Crippen LogP contribution >= 0.6 is 11.8 Å². The highest BCUT2D eigenvalue weighted by molar-refractivity contribution is 7.99. The molecule has 18 heavy (non-hydrogen) atoms. The summed E-state index contributed by atoms with van der Waals surface area (Å²) < 4.78 is 0. The molecule has 0 aromatic rings. The molecule has 106 valence electrons. The first kappa shape index (κ1) is 14.7. The van der Waals surface area contributed by atoms with Crippen LogP contribution in [0.3, 0.4) is 0 Å². The Bertz CT molecular complexity index is 231. The molecule has 0 bridgehead atoms. The van der Waals surface area contributed by atoms with Gasteiger partial charge < -0.3 is 5.32 Å². The Morgan fingerprint density at radius 3 is 2.72 bits per heavy atom. The summed E-state index contributed by atoms with van der Waals surface area (Å²) in [4.78, 5) is 0. The zero-order valence-electron chi connectivity index (χ0n) is 12.3. The van der Waals surface area contributed by atoms with Crippen LogP contribution in [0.15, 0.2) is 0 Å². The molecule has 0 heterocycles. The minimum absolute atomic E-state index is 0.834. The number of hydrogen-bond acceptors (Lipinski definition) is 2. The summed E-state index contributed by atoms with van der Waals surface area (Å²) in [6, 6.07) is 0.834. The zero-order valence-corrected chi connectivity index (χ0v) is 13.1. The van der Waals surface area contributed by atoms with E-state index in [0.717, 1.165) is 29.7 Å². The first-order valence-electron chi connectivity index (χ1n) is 8.14. The largest absolute Gasteiger partial charge is 0.314 e. The molecule has 2 saturated carbocycles. The number of hydrogen-bond donors (Lipinski definition) is 1. The maximum atomic E-state index is 3.68. The molecular formula is C16H31NS. The van der Waals surface area contributed by atoms with Gasteiger partial charge in [0.15, 0.2) is 0 Å². The first-order chi connectivity index (χ1) is 8.79. The van der Waals surface area contributed by atoms with Gasteiger partial charge in [0.25, 0.3) is 0 Å². The van der Waals surface area contributed by atoms with E-state index in [2.05, 4.69) is 30.9 Å². The summed E-state index contributed by atoms with van der Waals surface area (Å²) in [7, 11) is 0. The Morgan fingerprint density at radius 2 is 1.94 bits per heavy atom. The van der Waals surface area contributed by atoms with Crippen LogP contribution in [0, 0.1) is 11.8 Å². The first-order valence-corrected chi connectivity index (χ1v) is 9.19. The van der Waals surface area contributed by atoms with Gasteiger partial charge >= 0.3 is 0 Å². The molecule has 0 amide bonds. The van der Waals surface area contributed by atoms with Gasteiger partial charge in [0, 0.05) is 11.3 Å². The molecule has 4 atom stereocenters. The molecule has 0 saturated heterocycles. The lowest BCUT2D eigenvalue weighted by Gasteiger charge is -2.27. The van der Waals surface area contributed by atoms with Crippen molar-refractivity contribution in [1.82, 2.24) is 5.32 Å². The van der Waals surface area contributed by atoms with Crippen molar-refractivity contribution in [2.24, 2.45) is 11.8 Å². The predicted molar refractivity (Wildman–Crippen MR) is 83.3 cm³/mol. The molecular weight excluding hydrogens is 238 g/mol. The van der Waals surface area contributed by atoms with Crippen molar-refractivity contribution < 1.29 is 0 Å². The van der Waals surface area contributed by atoms with Crippen LogP contribution in [0.5, 0.6) is 0 Å². The molecule has 0 aromatic heterocycles. The Morgan fingerprint density at radius 1 is 1.11 bits per heavy atom. The second-order valence-corrected chi connectivity index (χ2v) is 7.82. The van der Waals surface area contributed by atoms with Crippen LogP contribution < -0.4 is 5.32 Å². The molecule has 0 aliphatic heterocycles. The Balaban J connectivity index is 1.62. The standard InChI is InChI=1S/C16H31NS/c1-3-17-16-9-5-7-14(16)10-11-18-15-8-4-6-13(2)12-15/h13-17H,3-12H2,1-2H3. The molecule has 2 aliphatic carbocycles. The lowest BCUT2D eigenvalue weighted by atomic mass is 9.91. The van der Waals surface area contributed by atoms with Crippen LogP contribution in [-0.2, 0) is 0 Å². The van der Waals surface area contributed by atoms with Gasteiger partial charge in [0.1, 0.15) is 0 Å². The highest BCUT2D eigenvalue weighted by Crippen LogP contribution is 2.34. The SMILES string of the molecule is CCNC1CCCC1CCSC1CCCC(C)C1. The summed E-state index contributed by atoms with van der Waals surface area (Å²) in [5.74, 6) is 3.36. The monoisotopic (exact) mass is 269 g/mol. The van der Waals surface area contributed by atoms with Crippen molar-refractivity contribution in [3.05, 3.63) is 0 Å². The van der Waals surface area contributed by atoms with Gasteiger partial charge in [-0.2, -0.15) is 11.8 Å². The lowest BCUT2D eigenvalue weighted by Crippen LogP contribution is -2.32. The third-order valence-corrected chi connectivity index (χ3v) is 6.23. The van der Waals surface area contributed by atoms with Crippen LogP contribution in [-0.4, -0.2) is 23.6 Å². The van der Waals surface area contributed by atoms with E-state index in [1.165, 1.54) is 57.1 Å². The molecule has 0 spiro atoms. The van der Waals surface area contributed by atoms with E-state index in [9.17, 15) is 0 Å². The van der Waals surface area contributed by atoms with Crippen molar-refractivity contribution in [2.75, 3.05) is 12.3 Å². The van der Waals surface area contributed by atoms with Crippen molar-refractivity contribution in [3.8, 4) is 0 Å². The molecule has 0 aromatic carbocycles. The molecule has 2 rings (SSSR count). The highest BCUT2D eigenvalue weighted by atomic mass is 32.2. The average Bonchev–Trinajstić information content (AvgIpc) is 2.78. The summed E-state index contributed by atoms with van der Waals surface area (Å²) >= 11 is 2.28. The van der Waals surface area contributed by atoms with Crippen LogP contribution in [0.2, 0.25) is 0 Å². The van der Waals surface area contributed by atoms with E-state index >= 15 is 0 Å². The fourth-order valence-corrected chi connectivity index (χ4v) is 5.40. The molecule has 2 heteroatoms. The van der Waals surface area contributed by atoms with Crippen molar-refractivity contribution in [3.63, 3.8) is 0 Å². The number of thioether (sulfide) groups is 1. The van der Waals surface area contributed by atoms with Gasteiger partial charge in [0.05, 0.1) is 0 Å². The second-order valence-electron chi connectivity index (χ2n) is 6.41. The van der Waals surface area contributed by atoms with Crippen molar-refractivity contribution in [2.45, 2.75) is 76.5 Å². The van der Waals surface area contributed by atoms with Gasteiger partial charge in [-0.25, -0.2) is 0 Å². The molecule has 0 radical (unpaired) electrons. The van der Waals surface area contributed by atoms with Crippen LogP contribution in [0.1, 0.15) is 65.2 Å². The van der Waals surface area contributed by atoms with E-state index in [1.807, 2.05) is 0 Å². The average molecular weight is 269 g/mol. The minimum atomic E-state index is 0.834. The summed E-state index contributed by atoms with van der Waals surface area (Å²) in [5, 5.41) is 4.66. The summed E-state index contributed by atoms with van der Waals surface area (Å²) in [6.45, 7) is 5.83. The van der Waals surface area contributed by atoms with Crippen molar-refractivity contribution in [1.29, 1.82) is 0 Å². The quantitative estimate of drug-likeness (QED) is 0.763. The normalized spacial score (nSPS) is 37.0. The lowest BCUT2D eigenvalue weighted by molar-refractivity contribution is 0.390. The van der Waals surface area contributed by atoms with E-state index in [-0.39, 0.29) is 0 Å². The second kappa shape index (κ2) is 7.79. The van der Waals surface area contributed by atoms with Crippen LogP contribution in [0.25, 0.3) is 0 Å². The van der Waals surface area contributed by atoms with Gasteiger partial charge in [0.2, 0.25) is 0 Å². The van der Waals surface area contributed by atoms with E-state index in [0.29, 0.717) is 0 Å². The smallest absolute Gasteiger partial charge is 0.00955 e. The Labute approximate surface area is 118 Å². The molecule has 1 nitrogen and oxygen atoms in total. The third kappa shape index (κ3) is 4.45. The van der Waals surface area contributed by atoms with E-state index in [4.69, 9.17) is 0 Å². The van der Waals surface area contributed by atoms with Gasteiger partial charge in [-0.3, -0.25) is 0 Å². The fourth-order valence-electron chi connectivity index (χ4n) is 3.83. The predicted octanol–water partition coefficient (Wildman–Crippen LogP) is 4.47. The van der Waals surface area contributed by atoms with Gasteiger partial charge in [-0.1, -0.05) is 33.1 Å². The number of rotatable bonds is 6. The Hall–Kier alpha value is 0.310. The van der Waals surface area contributed by atoms with E-state index in [1.54, 1.807) is 0 Å². The van der Waals surface area contributed by atoms with Crippen LogP contribution in [0.4, 0.5) is 0 Å². The maximum Gasteiger partial charge on any atom is 0.00955 e. The van der Waals surface area contributed by atoms with E-state index < -0.39 is 0 Å². The highest BCUT2D eigenvalue weighted by Gasteiger charge is 2.26. The number of nitrogens with one attached hydrogen (secondary N) is 1. The third-order valence-electron chi connectivity index (χ3n) is 4.86. The summed E-state index contributed by atoms with van der Waals surface area (Å²) in [5.41, 5.74) is 0. The zero-order chi connectivity index (χ0) is 12.8. The minimum Gasteiger partial charge on any atom is -0.314 e.